The van der Waals surface area contributed by atoms with Crippen LogP contribution in [0.3, 0.4) is 0 Å². The predicted octanol–water partition coefficient (Wildman–Crippen LogP) is -0.964. The van der Waals surface area contributed by atoms with Crippen LogP contribution in [-0.4, -0.2) is 23.0 Å². The summed E-state index contributed by atoms with van der Waals surface area (Å²) in [6, 6.07) is 0. The fraction of sp³-hybridized carbons (Fsp3) is 1.00. The first kappa shape index (κ1) is 6.88. The van der Waals surface area contributed by atoms with E-state index < -0.39 is 6.23 Å². The molecule has 0 heterocycles. The van der Waals surface area contributed by atoms with Crippen LogP contribution in [0.25, 0.3) is 0 Å². The number of hydrogen-bond acceptors (Lipinski definition) is 3. The van der Waals surface area contributed by atoms with E-state index in [-0.39, 0.29) is 6.61 Å². The van der Waals surface area contributed by atoms with Gasteiger partial charge in [-0.3, -0.25) is 0 Å². The Morgan fingerprint density at radius 1 is 1.57 bits per heavy atom. The highest BCUT2D eigenvalue weighted by atomic mass is 16.3. The van der Waals surface area contributed by atoms with Crippen molar-refractivity contribution in [3.05, 3.63) is 0 Å². The molecular formula is C4H11NO2. The van der Waals surface area contributed by atoms with Crippen molar-refractivity contribution in [2.75, 3.05) is 6.61 Å². The molecule has 0 amide bonds. The molecule has 0 aromatic carbocycles. The zero-order valence-corrected chi connectivity index (χ0v) is 4.17. The number of hydrogen-bond donors (Lipinski definition) is 3. The van der Waals surface area contributed by atoms with E-state index in [0.29, 0.717) is 12.8 Å². The third kappa shape index (κ3) is 5.88. The maximum Gasteiger partial charge on any atom is 0.102 e. The van der Waals surface area contributed by atoms with Crippen molar-refractivity contribution < 1.29 is 10.2 Å². The quantitative estimate of drug-likeness (QED) is 0.405. The molecule has 0 fully saturated rings. The van der Waals surface area contributed by atoms with Crippen LogP contribution >= 0.6 is 0 Å². The van der Waals surface area contributed by atoms with Gasteiger partial charge in [0.25, 0.3) is 0 Å². The molecule has 4 N–H and O–H groups in total. The molecule has 44 valence electrons. The SMILES string of the molecule is N[C@H](O)CCCO. The number of aliphatic hydroxyl groups is 2. The fourth-order valence-corrected chi connectivity index (χ4v) is 0.300. The second-order valence-corrected chi connectivity index (χ2v) is 1.43. The molecule has 0 spiro atoms. The minimum absolute atomic E-state index is 0.105. The Kier molecular flexibility index (Phi) is 3.98. The van der Waals surface area contributed by atoms with Crippen molar-refractivity contribution >= 4 is 0 Å². The van der Waals surface area contributed by atoms with Gasteiger partial charge in [-0.05, 0) is 12.8 Å². The summed E-state index contributed by atoms with van der Waals surface area (Å²) in [5, 5.41) is 16.5. The molecule has 0 radical (unpaired) electrons. The summed E-state index contributed by atoms with van der Waals surface area (Å²) < 4.78 is 0. The van der Waals surface area contributed by atoms with E-state index in [1.165, 1.54) is 0 Å². The Morgan fingerprint density at radius 3 is 2.29 bits per heavy atom. The van der Waals surface area contributed by atoms with E-state index >= 15 is 0 Å². The van der Waals surface area contributed by atoms with Crippen molar-refractivity contribution in [3.8, 4) is 0 Å². The summed E-state index contributed by atoms with van der Waals surface area (Å²) in [6.45, 7) is 0.105. The molecule has 0 unspecified atom stereocenters. The van der Waals surface area contributed by atoms with Crippen molar-refractivity contribution in [1.29, 1.82) is 0 Å². The first-order valence-corrected chi connectivity index (χ1v) is 2.32. The topological polar surface area (TPSA) is 66.5 Å². The van der Waals surface area contributed by atoms with E-state index in [9.17, 15) is 0 Å². The average molecular weight is 105 g/mol. The van der Waals surface area contributed by atoms with Gasteiger partial charge in [-0.15, -0.1) is 0 Å². The van der Waals surface area contributed by atoms with Gasteiger partial charge >= 0.3 is 0 Å². The van der Waals surface area contributed by atoms with Gasteiger partial charge in [-0.1, -0.05) is 0 Å². The lowest BCUT2D eigenvalue weighted by atomic mass is 10.3. The molecule has 0 aliphatic rings. The van der Waals surface area contributed by atoms with Gasteiger partial charge in [-0.25, -0.2) is 0 Å². The molecule has 0 aromatic heterocycles. The minimum Gasteiger partial charge on any atom is -0.396 e. The molecule has 0 aliphatic carbocycles. The molecule has 1 atom stereocenters. The Labute approximate surface area is 42.8 Å². The van der Waals surface area contributed by atoms with E-state index in [1.54, 1.807) is 0 Å². The Balaban J connectivity index is 2.68. The molecule has 0 aliphatic heterocycles. The summed E-state index contributed by atoms with van der Waals surface area (Å²) in [5.74, 6) is 0. The van der Waals surface area contributed by atoms with Gasteiger partial charge < -0.3 is 15.9 Å². The molecule has 0 saturated heterocycles. The van der Waals surface area contributed by atoms with E-state index in [4.69, 9.17) is 15.9 Å². The Morgan fingerprint density at radius 2 is 2.14 bits per heavy atom. The van der Waals surface area contributed by atoms with Crippen LogP contribution in [0, 0.1) is 0 Å². The zero-order valence-electron chi connectivity index (χ0n) is 4.17. The fourth-order valence-electron chi connectivity index (χ4n) is 0.300. The zero-order chi connectivity index (χ0) is 5.70. The maximum absolute atomic E-state index is 8.35. The highest BCUT2D eigenvalue weighted by Gasteiger charge is 1.91. The lowest BCUT2D eigenvalue weighted by Crippen LogP contribution is -2.18. The van der Waals surface area contributed by atoms with Gasteiger partial charge in [0, 0.05) is 6.61 Å². The van der Waals surface area contributed by atoms with Crippen molar-refractivity contribution in [2.45, 2.75) is 19.1 Å². The highest BCUT2D eigenvalue weighted by Crippen LogP contribution is 1.86. The summed E-state index contributed by atoms with van der Waals surface area (Å²) in [4.78, 5) is 0. The van der Waals surface area contributed by atoms with Crippen molar-refractivity contribution in [2.24, 2.45) is 5.73 Å². The third-order valence-electron chi connectivity index (χ3n) is 0.658. The van der Waals surface area contributed by atoms with Crippen LogP contribution in [0.2, 0.25) is 0 Å². The molecule has 7 heavy (non-hydrogen) atoms. The van der Waals surface area contributed by atoms with Gasteiger partial charge in [0.2, 0.25) is 0 Å². The standard InChI is InChI=1S/C4H11NO2/c5-4(7)2-1-3-6/h4,6-7H,1-3,5H2/t4-/m1/s1. The Bertz CT molecular complexity index is 38.7. The molecule has 3 heteroatoms. The van der Waals surface area contributed by atoms with Crippen LogP contribution < -0.4 is 5.73 Å². The van der Waals surface area contributed by atoms with Crippen LogP contribution in [0.15, 0.2) is 0 Å². The maximum atomic E-state index is 8.35. The molecule has 3 nitrogen and oxygen atoms in total. The second-order valence-electron chi connectivity index (χ2n) is 1.43. The van der Waals surface area contributed by atoms with Gasteiger partial charge in [0.1, 0.15) is 6.23 Å². The summed E-state index contributed by atoms with van der Waals surface area (Å²) >= 11 is 0. The lowest BCUT2D eigenvalue weighted by molar-refractivity contribution is 0.156. The van der Waals surface area contributed by atoms with Gasteiger partial charge in [-0.2, -0.15) is 0 Å². The average Bonchev–Trinajstić information content (AvgIpc) is 1.61. The number of nitrogens with two attached hydrogens (primary N) is 1. The lowest BCUT2D eigenvalue weighted by Gasteiger charge is -1.98. The van der Waals surface area contributed by atoms with Crippen LogP contribution in [0.1, 0.15) is 12.8 Å². The third-order valence-corrected chi connectivity index (χ3v) is 0.658. The van der Waals surface area contributed by atoms with Crippen molar-refractivity contribution in [3.63, 3.8) is 0 Å². The van der Waals surface area contributed by atoms with Gasteiger partial charge in [0.15, 0.2) is 0 Å². The van der Waals surface area contributed by atoms with Crippen molar-refractivity contribution in [1.82, 2.24) is 0 Å². The molecule has 0 bridgehead atoms. The first-order valence-electron chi connectivity index (χ1n) is 2.32. The molecule has 0 saturated carbocycles. The molecule has 0 aromatic rings. The second kappa shape index (κ2) is 4.05. The van der Waals surface area contributed by atoms with E-state index in [1.807, 2.05) is 0 Å². The first-order chi connectivity index (χ1) is 3.27. The summed E-state index contributed by atoms with van der Waals surface area (Å²) in [6.07, 6.45) is 0.306. The predicted molar refractivity (Wildman–Crippen MR) is 26.5 cm³/mol. The van der Waals surface area contributed by atoms with Crippen LogP contribution in [0.5, 0.6) is 0 Å². The summed E-state index contributed by atoms with van der Waals surface area (Å²) in [7, 11) is 0. The smallest absolute Gasteiger partial charge is 0.102 e. The molecular weight excluding hydrogens is 94.0 g/mol. The normalized spacial score (nSPS) is 14.1. The minimum atomic E-state index is -0.757. The van der Waals surface area contributed by atoms with E-state index in [0.717, 1.165) is 0 Å². The monoisotopic (exact) mass is 105 g/mol. The number of rotatable bonds is 3. The number of aliphatic hydroxyl groups excluding tert-OH is 2. The van der Waals surface area contributed by atoms with Crippen LogP contribution in [0.4, 0.5) is 0 Å². The largest absolute Gasteiger partial charge is 0.396 e. The van der Waals surface area contributed by atoms with Crippen LogP contribution in [-0.2, 0) is 0 Å². The Hall–Kier alpha value is -0.120. The molecule has 0 rings (SSSR count). The van der Waals surface area contributed by atoms with Gasteiger partial charge in [0.05, 0.1) is 0 Å². The summed E-state index contributed by atoms with van der Waals surface area (Å²) in [5.41, 5.74) is 4.92. The highest BCUT2D eigenvalue weighted by molar-refractivity contribution is 4.42. The van der Waals surface area contributed by atoms with E-state index in [2.05, 4.69) is 0 Å².